The Labute approximate surface area is 246 Å². The molecule has 3 aromatic rings. The van der Waals surface area contributed by atoms with E-state index in [2.05, 4.69) is 44.4 Å². The molecule has 1 heterocycles. The van der Waals surface area contributed by atoms with Gasteiger partial charge in [-0.15, -0.1) is 0 Å². The third-order valence-electron chi connectivity index (χ3n) is 6.69. The number of nitrogens with one attached hydrogen (secondary N) is 3. The molecule has 0 aliphatic carbocycles. The van der Waals surface area contributed by atoms with E-state index in [0.29, 0.717) is 17.8 Å². The molecule has 220 valence electrons. The lowest BCUT2D eigenvalue weighted by atomic mass is 10.1. The van der Waals surface area contributed by atoms with E-state index in [1.165, 1.54) is 18.1 Å². The number of carbonyl (C=O) groups excluding carboxylic acids is 3. The number of anilines is 2. The van der Waals surface area contributed by atoms with Crippen LogP contribution >= 0.6 is 0 Å². The molecule has 42 heavy (non-hydrogen) atoms. The number of carbonyl (C=O) groups is 3. The molecule has 3 amide bonds. The van der Waals surface area contributed by atoms with E-state index in [-0.39, 0.29) is 18.9 Å². The third kappa shape index (κ3) is 8.91. The Balaban J connectivity index is 0.00000484. The average molecular weight is 572 g/mol. The first-order chi connectivity index (χ1) is 19.8. The zero-order valence-corrected chi connectivity index (χ0v) is 22.7. The van der Waals surface area contributed by atoms with E-state index < -0.39 is 24.0 Å². The van der Waals surface area contributed by atoms with Gasteiger partial charge in [0.1, 0.15) is 6.04 Å². The van der Waals surface area contributed by atoms with Crippen molar-refractivity contribution in [1.82, 2.24) is 15.7 Å². The van der Waals surface area contributed by atoms with Gasteiger partial charge in [-0.05, 0) is 67.6 Å². The summed E-state index contributed by atoms with van der Waals surface area (Å²) in [5.41, 5.74) is 5.03. The van der Waals surface area contributed by atoms with Crippen molar-refractivity contribution in [1.29, 1.82) is 0 Å². The zero-order chi connectivity index (χ0) is 29.2. The van der Waals surface area contributed by atoms with Crippen LogP contribution in [0.4, 0.5) is 11.4 Å². The first kappa shape index (κ1) is 31.8. The van der Waals surface area contributed by atoms with Gasteiger partial charge in [-0.1, -0.05) is 37.5 Å². The summed E-state index contributed by atoms with van der Waals surface area (Å²) in [6.45, 7) is 5.08. The molecule has 10 heteroatoms. The minimum Gasteiger partial charge on any atom is -0.391 e. The topological polar surface area (TPSA) is 134 Å². The number of aliphatic hydroxyl groups excluding tert-OH is 1. The van der Waals surface area contributed by atoms with Crippen LogP contribution in [0, 0.1) is 11.8 Å². The van der Waals surface area contributed by atoms with Crippen LogP contribution in [0.3, 0.4) is 0 Å². The minimum atomic E-state index is -1.30. The van der Waals surface area contributed by atoms with Gasteiger partial charge in [-0.3, -0.25) is 24.5 Å². The first-order valence-electron chi connectivity index (χ1n) is 13.3. The third-order valence-corrected chi connectivity index (χ3v) is 6.69. The average Bonchev–Trinajstić information content (AvgIpc) is 3.00. The van der Waals surface area contributed by atoms with Crippen LogP contribution < -0.4 is 21.0 Å². The fraction of sp³-hybridized carbons (Fsp3) is 0.281. The highest BCUT2D eigenvalue weighted by Crippen LogP contribution is 2.16. The first-order valence-corrected chi connectivity index (χ1v) is 13.3. The molecule has 2 atom stereocenters. The molecule has 0 bridgehead atoms. The maximum Gasteiger partial charge on any atom is 0.268 e. The Hall–Kier alpha value is -4.69. The van der Waals surface area contributed by atoms with Gasteiger partial charge in [0.15, 0.2) is 0 Å². The number of para-hydroxylation sites is 1. The standard InChI is InChI=1S/C31H33N5O5.CH4/c1-22(37)29(31(40)34-41)33-30(39)25-13-9-23(10-14-25)7-8-24-11-15-26(16-12-24)32-28(38)21-35-17-19-36(20-18-35)27-5-3-2-4-6-27;/h2-6,9-16,22,29,37,41H,17-21H2,1H3,(H,32,38)(H,33,39)(H,34,40);1H4/t22-,29+;/m1./s1. The fourth-order valence-electron chi connectivity index (χ4n) is 4.39. The quantitative estimate of drug-likeness (QED) is 0.159. The summed E-state index contributed by atoms with van der Waals surface area (Å²) in [4.78, 5) is 41.1. The molecule has 5 N–H and O–H groups in total. The number of aliphatic hydroxyl groups is 1. The molecular formula is C32H37N5O5. The Morgan fingerprint density at radius 3 is 1.98 bits per heavy atom. The highest BCUT2D eigenvalue weighted by atomic mass is 16.5. The molecule has 0 unspecified atom stereocenters. The number of amides is 3. The van der Waals surface area contributed by atoms with Gasteiger partial charge in [0, 0.05) is 54.2 Å². The van der Waals surface area contributed by atoms with Crippen LogP contribution in [0.1, 0.15) is 35.8 Å². The van der Waals surface area contributed by atoms with E-state index in [9.17, 15) is 19.5 Å². The molecular weight excluding hydrogens is 534 g/mol. The number of benzene rings is 3. The second-order valence-corrected chi connectivity index (χ2v) is 9.72. The molecule has 0 radical (unpaired) electrons. The SMILES string of the molecule is C.C[C@@H](O)[C@H](NC(=O)c1ccc(C#Cc2ccc(NC(=O)CN3CCN(c4ccccc4)CC3)cc2)cc1)C(=O)NO. The molecule has 4 rings (SSSR count). The van der Waals surface area contributed by atoms with Gasteiger partial charge in [0.2, 0.25) is 5.91 Å². The summed E-state index contributed by atoms with van der Waals surface area (Å²) in [6, 6.07) is 22.7. The highest BCUT2D eigenvalue weighted by Gasteiger charge is 2.25. The lowest BCUT2D eigenvalue weighted by Gasteiger charge is -2.35. The van der Waals surface area contributed by atoms with Crippen molar-refractivity contribution in [2.75, 3.05) is 42.9 Å². The number of nitrogens with zero attached hydrogens (tertiary/aromatic N) is 2. The van der Waals surface area contributed by atoms with Crippen molar-refractivity contribution >= 4 is 29.1 Å². The summed E-state index contributed by atoms with van der Waals surface area (Å²) in [5.74, 6) is 4.53. The van der Waals surface area contributed by atoms with Gasteiger partial charge in [0.25, 0.3) is 11.8 Å². The van der Waals surface area contributed by atoms with E-state index >= 15 is 0 Å². The Morgan fingerprint density at radius 2 is 1.43 bits per heavy atom. The summed E-state index contributed by atoms with van der Waals surface area (Å²) in [6.07, 6.45) is -1.20. The number of hydroxylamine groups is 1. The molecule has 0 aromatic heterocycles. The predicted octanol–water partition coefficient (Wildman–Crippen LogP) is 2.47. The molecule has 1 aliphatic rings. The van der Waals surface area contributed by atoms with Crippen molar-refractivity contribution < 1.29 is 24.7 Å². The predicted molar refractivity (Wildman–Crippen MR) is 162 cm³/mol. The lowest BCUT2D eigenvalue weighted by molar-refractivity contribution is -0.133. The Kier molecular flexibility index (Phi) is 11.6. The van der Waals surface area contributed by atoms with Gasteiger partial charge in [-0.2, -0.15) is 0 Å². The molecule has 3 aromatic carbocycles. The van der Waals surface area contributed by atoms with E-state index in [1.54, 1.807) is 24.3 Å². The number of rotatable bonds is 8. The number of hydrogen-bond acceptors (Lipinski definition) is 7. The second-order valence-electron chi connectivity index (χ2n) is 9.72. The maximum atomic E-state index is 12.6. The summed E-state index contributed by atoms with van der Waals surface area (Å²) in [7, 11) is 0. The van der Waals surface area contributed by atoms with Crippen LogP contribution in [-0.4, -0.2) is 77.8 Å². The Bertz CT molecular complexity index is 1390. The van der Waals surface area contributed by atoms with Crippen molar-refractivity contribution in [2.24, 2.45) is 0 Å². The van der Waals surface area contributed by atoms with Crippen molar-refractivity contribution in [3.05, 3.63) is 95.6 Å². The summed E-state index contributed by atoms with van der Waals surface area (Å²) in [5, 5.41) is 23.8. The van der Waals surface area contributed by atoms with Crippen molar-refractivity contribution in [3.63, 3.8) is 0 Å². The second kappa shape index (κ2) is 15.3. The molecule has 0 saturated carbocycles. The normalized spacial score (nSPS) is 14.3. The fourth-order valence-corrected chi connectivity index (χ4v) is 4.39. The van der Waals surface area contributed by atoms with Gasteiger partial charge < -0.3 is 20.6 Å². The van der Waals surface area contributed by atoms with Crippen LogP contribution in [-0.2, 0) is 9.59 Å². The van der Waals surface area contributed by atoms with Crippen LogP contribution in [0.15, 0.2) is 78.9 Å². The number of piperazine rings is 1. The van der Waals surface area contributed by atoms with Crippen LogP contribution in [0.2, 0.25) is 0 Å². The van der Waals surface area contributed by atoms with Gasteiger partial charge >= 0.3 is 0 Å². The largest absolute Gasteiger partial charge is 0.391 e. The van der Waals surface area contributed by atoms with Gasteiger partial charge in [0.05, 0.1) is 12.6 Å². The van der Waals surface area contributed by atoms with Crippen molar-refractivity contribution in [2.45, 2.75) is 26.5 Å². The van der Waals surface area contributed by atoms with Crippen LogP contribution in [0.5, 0.6) is 0 Å². The van der Waals surface area contributed by atoms with E-state index in [1.807, 2.05) is 42.5 Å². The number of hydrogen-bond donors (Lipinski definition) is 5. The van der Waals surface area contributed by atoms with E-state index in [4.69, 9.17) is 5.21 Å². The zero-order valence-electron chi connectivity index (χ0n) is 22.7. The molecule has 0 spiro atoms. The van der Waals surface area contributed by atoms with E-state index in [0.717, 1.165) is 31.7 Å². The molecule has 1 saturated heterocycles. The molecule has 10 nitrogen and oxygen atoms in total. The highest BCUT2D eigenvalue weighted by molar-refractivity contribution is 5.97. The monoisotopic (exact) mass is 571 g/mol. The molecule has 1 aliphatic heterocycles. The smallest absolute Gasteiger partial charge is 0.268 e. The Morgan fingerprint density at radius 1 is 0.857 bits per heavy atom. The van der Waals surface area contributed by atoms with Crippen LogP contribution in [0.25, 0.3) is 0 Å². The summed E-state index contributed by atoms with van der Waals surface area (Å²) < 4.78 is 0. The summed E-state index contributed by atoms with van der Waals surface area (Å²) >= 11 is 0. The molecule has 1 fully saturated rings. The minimum absolute atomic E-state index is 0. The lowest BCUT2D eigenvalue weighted by Crippen LogP contribution is -2.51. The van der Waals surface area contributed by atoms with Crippen molar-refractivity contribution in [3.8, 4) is 11.8 Å². The van der Waals surface area contributed by atoms with Gasteiger partial charge in [-0.25, -0.2) is 5.48 Å². The maximum absolute atomic E-state index is 12.6.